The molecular formula is C22H27NO3. The van der Waals surface area contributed by atoms with Crippen LogP contribution in [0.4, 0.5) is 0 Å². The minimum absolute atomic E-state index is 0.0523. The minimum atomic E-state index is -0.544. The highest BCUT2D eigenvalue weighted by atomic mass is 16.5. The van der Waals surface area contributed by atoms with Gasteiger partial charge in [-0.2, -0.15) is 0 Å². The molecule has 4 nitrogen and oxygen atoms in total. The van der Waals surface area contributed by atoms with Crippen LogP contribution in [0.15, 0.2) is 54.6 Å². The molecule has 2 aromatic carbocycles. The van der Waals surface area contributed by atoms with Crippen molar-refractivity contribution in [3.63, 3.8) is 0 Å². The van der Waals surface area contributed by atoms with Gasteiger partial charge in [0.2, 0.25) is 0 Å². The number of methoxy groups -OCH3 is 1. The highest BCUT2D eigenvalue weighted by Crippen LogP contribution is 2.40. The molecule has 1 aliphatic rings. The zero-order valence-electron chi connectivity index (χ0n) is 15.5. The SMILES string of the molecule is COc1ccc(OC(C)C(=O)NCC2(c3ccccc3)CCCC2)cc1. The summed E-state index contributed by atoms with van der Waals surface area (Å²) >= 11 is 0. The van der Waals surface area contributed by atoms with Crippen molar-refractivity contribution in [1.29, 1.82) is 0 Å². The third kappa shape index (κ3) is 4.18. The molecule has 0 heterocycles. The molecule has 1 atom stereocenters. The normalized spacial score (nSPS) is 16.7. The van der Waals surface area contributed by atoms with E-state index in [0.29, 0.717) is 12.3 Å². The van der Waals surface area contributed by atoms with Crippen molar-refractivity contribution < 1.29 is 14.3 Å². The monoisotopic (exact) mass is 353 g/mol. The highest BCUT2D eigenvalue weighted by Gasteiger charge is 2.36. The molecule has 4 heteroatoms. The third-order valence-corrected chi connectivity index (χ3v) is 5.29. The van der Waals surface area contributed by atoms with Crippen molar-refractivity contribution in [1.82, 2.24) is 5.32 Å². The minimum Gasteiger partial charge on any atom is -0.497 e. The van der Waals surface area contributed by atoms with Crippen LogP contribution in [0.1, 0.15) is 38.2 Å². The lowest BCUT2D eigenvalue weighted by atomic mass is 9.79. The molecule has 1 unspecified atom stereocenters. The molecular weight excluding hydrogens is 326 g/mol. The van der Waals surface area contributed by atoms with Crippen LogP contribution in [0.25, 0.3) is 0 Å². The van der Waals surface area contributed by atoms with Crippen LogP contribution in [0, 0.1) is 0 Å². The number of carbonyl (C=O) groups is 1. The fourth-order valence-electron chi connectivity index (χ4n) is 3.72. The number of ether oxygens (including phenoxy) is 2. The van der Waals surface area contributed by atoms with Gasteiger partial charge in [0.15, 0.2) is 6.10 Å². The van der Waals surface area contributed by atoms with Gasteiger partial charge in [-0.05, 0) is 49.6 Å². The summed E-state index contributed by atoms with van der Waals surface area (Å²) in [5.41, 5.74) is 1.37. The van der Waals surface area contributed by atoms with E-state index in [1.54, 1.807) is 14.0 Å². The molecule has 138 valence electrons. The van der Waals surface area contributed by atoms with Crippen molar-refractivity contribution in [2.75, 3.05) is 13.7 Å². The summed E-state index contributed by atoms with van der Waals surface area (Å²) in [6, 6.07) is 17.8. The van der Waals surface area contributed by atoms with Crippen molar-refractivity contribution in [3.8, 4) is 11.5 Å². The smallest absolute Gasteiger partial charge is 0.260 e. The van der Waals surface area contributed by atoms with Gasteiger partial charge in [0.05, 0.1) is 7.11 Å². The maximum Gasteiger partial charge on any atom is 0.260 e. The maximum absolute atomic E-state index is 12.5. The molecule has 0 saturated heterocycles. The Kier molecular flexibility index (Phi) is 5.82. The summed E-state index contributed by atoms with van der Waals surface area (Å²) in [4.78, 5) is 12.5. The van der Waals surface area contributed by atoms with Gasteiger partial charge in [-0.15, -0.1) is 0 Å². The zero-order valence-corrected chi connectivity index (χ0v) is 15.5. The second kappa shape index (κ2) is 8.26. The van der Waals surface area contributed by atoms with Crippen LogP contribution in [0.5, 0.6) is 11.5 Å². The Labute approximate surface area is 155 Å². The van der Waals surface area contributed by atoms with E-state index in [0.717, 1.165) is 18.6 Å². The van der Waals surface area contributed by atoms with Crippen molar-refractivity contribution in [2.45, 2.75) is 44.1 Å². The average molecular weight is 353 g/mol. The molecule has 0 radical (unpaired) electrons. The summed E-state index contributed by atoms with van der Waals surface area (Å²) < 4.78 is 10.9. The lowest BCUT2D eigenvalue weighted by Gasteiger charge is -2.30. The number of benzene rings is 2. The predicted octanol–water partition coefficient (Wildman–Crippen LogP) is 4.09. The zero-order chi connectivity index (χ0) is 18.4. The maximum atomic E-state index is 12.5. The molecule has 0 aromatic heterocycles. The van der Waals surface area contributed by atoms with E-state index in [4.69, 9.17) is 9.47 Å². The quantitative estimate of drug-likeness (QED) is 0.815. The Morgan fingerprint density at radius 3 is 2.27 bits per heavy atom. The molecule has 1 aliphatic carbocycles. The standard InChI is InChI=1S/C22H27NO3/c1-17(26-20-12-10-19(25-2)11-13-20)21(24)23-16-22(14-6-7-15-22)18-8-4-3-5-9-18/h3-5,8-13,17H,6-7,14-16H2,1-2H3,(H,23,24). The molecule has 0 bridgehead atoms. The van der Waals surface area contributed by atoms with Gasteiger partial charge in [0, 0.05) is 12.0 Å². The van der Waals surface area contributed by atoms with Crippen molar-refractivity contribution in [2.24, 2.45) is 0 Å². The first-order chi connectivity index (χ1) is 12.6. The van der Waals surface area contributed by atoms with Gasteiger partial charge < -0.3 is 14.8 Å². The van der Waals surface area contributed by atoms with Gasteiger partial charge in [-0.3, -0.25) is 4.79 Å². The Bertz CT molecular complexity index is 706. The predicted molar refractivity (Wildman–Crippen MR) is 103 cm³/mol. The first kappa shape index (κ1) is 18.3. The largest absolute Gasteiger partial charge is 0.497 e. The third-order valence-electron chi connectivity index (χ3n) is 5.29. The van der Waals surface area contributed by atoms with E-state index in [1.165, 1.54) is 18.4 Å². The molecule has 3 rings (SSSR count). The van der Waals surface area contributed by atoms with Crippen LogP contribution in [0.2, 0.25) is 0 Å². The van der Waals surface area contributed by atoms with Crippen molar-refractivity contribution in [3.05, 3.63) is 60.2 Å². The molecule has 1 fully saturated rings. The van der Waals surface area contributed by atoms with Crippen LogP contribution in [-0.2, 0) is 10.2 Å². The first-order valence-electron chi connectivity index (χ1n) is 9.27. The highest BCUT2D eigenvalue weighted by molar-refractivity contribution is 5.80. The number of hydrogen-bond donors (Lipinski definition) is 1. The Balaban J connectivity index is 1.59. The van der Waals surface area contributed by atoms with Gasteiger partial charge in [-0.25, -0.2) is 0 Å². The summed E-state index contributed by atoms with van der Waals surface area (Å²) in [6.45, 7) is 2.44. The summed E-state index contributed by atoms with van der Waals surface area (Å²) in [6.07, 6.45) is 4.11. The van der Waals surface area contributed by atoms with Gasteiger partial charge >= 0.3 is 0 Å². The molecule has 0 spiro atoms. The molecule has 2 aromatic rings. The number of carbonyl (C=O) groups excluding carboxylic acids is 1. The van der Waals surface area contributed by atoms with Crippen LogP contribution in [0.3, 0.4) is 0 Å². The number of amides is 1. The molecule has 0 aliphatic heterocycles. The Morgan fingerprint density at radius 1 is 1.04 bits per heavy atom. The van der Waals surface area contributed by atoms with E-state index in [1.807, 2.05) is 30.3 Å². The average Bonchev–Trinajstić information content (AvgIpc) is 3.17. The van der Waals surface area contributed by atoms with Crippen molar-refractivity contribution >= 4 is 5.91 Å². The fraction of sp³-hybridized carbons (Fsp3) is 0.409. The van der Waals surface area contributed by atoms with Crippen LogP contribution in [-0.4, -0.2) is 25.7 Å². The summed E-state index contributed by atoms with van der Waals surface area (Å²) in [5.74, 6) is 1.34. The van der Waals surface area contributed by atoms with Crippen LogP contribution < -0.4 is 14.8 Å². The molecule has 1 amide bonds. The lowest BCUT2D eigenvalue weighted by molar-refractivity contribution is -0.127. The Morgan fingerprint density at radius 2 is 1.65 bits per heavy atom. The number of hydrogen-bond acceptors (Lipinski definition) is 3. The topological polar surface area (TPSA) is 47.6 Å². The van der Waals surface area contributed by atoms with E-state index < -0.39 is 6.10 Å². The van der Waals surface area contributed by atoms with E-state index in [-0.39, 0.29) is 11.3 Å². The summed E-state index contributed by atoms with van der Waals surface area (Å²) in [5, 5.41) is 3.12. The lowest BCUT2D eigenvalue weighted by Crippen LogP contribution is -2.44. The molecule has 26 heavy (non-hydrogen) atoms. The van der Waals surface area contributed by atoms with Gasteiger partial charge in [0.25, 0.3) is 5.91 Å². The molecule has 1 saturated carbocycles. The number of nitrogens with one attached hydrogen (secondary N) is 1. The number of rotatable bonds is 7. The van der Waals surface area contributed by atoms with Gasteiger partial charge in [0.1, 0.15) is 11.5 Å². The van der Waals surface area contributed by atoms with E-state index in [2.05, 4.69) is 29.6 Å². The van der Waals surface area contributed by atoms with E-state index >= 15 is 0 Å². The van der Waals surface area contributed by atoms with E-state index in [9.17, 15) is 4.79 Å². The van der Waals surface area contributed by atoms with Crippen LogP contribution >= 0.6 is 0 Å². The second-order valence-corrected chi connectivity index (χ2v) is 7.01. The van der Waals surface area contributed by atoms with Gasteiger partial charge in [-0.1, -0.05) is 43.2 Å². The second-order valence-electron chi connectivity index (χ2n) is 7.01. The fourth-order valence-corrected chi connectivity index (χ4v) is 3.72. The first-order valence-corrected chi connectivity index (χ1v) is 9.27. The molecule has 1 N–H and O–H groups in total. The summed E-state index contributed by atoms with van der Waals surface area (Å²) in [7, 11) is 1.62. The Hall–Kier alpha value is -2.49.